The molecule has 0 atom stereocenters. The zero-order chi connectivity index (χ0) is 14.2. The van der Waals surface area contributed by atoms with E-state index in [0.29, 0.717) is 17.3 Å². The highest BCUT2D eigenvalue weighted by Gasteiger charge is 2.31. The Morgan fingerprint density at radius 3 is 2.50 bits per heavy atom. The van der Waals surface area contributed by atoms with Gasteiger partial charge >= 0.3 is 0 Å². The summed E-state index contributed by atoms with van der Waals surface area (Å²) in [4.78, 5) is 12.6. The Labute approximate surface area is 121 Å². The number of benzene rings is 1. The van der Waals surface area contributed by atoms with Gasteiger partial charge in [-0.2, -0.15) is 0 Å². The van der Waals surface area contributed by atoms with Gasteiger partial charge in [0, 0.05) is 11.5 Å². The van der Waals surface area contributed by atoms with Gasteiger partial charge in [-0.3, -0.25) is 4.79 Å². The average Bonchev–Trinajstić information content (AvgIpc) is 3.22. The lowest BCUT2D eigenvalue weighted by Crippen LogP contribution is -2.26. The van der Waals surface area contributed by atoms with Gasteiger partial charge in [0.25, 0.3) is 0 Å². The molecule has 2 aliphatic rings. The maximum atomic E-state index is 12.6. The van der Waals surface area contributed by atoms with Crippen LogP contribution in [0.1, 0.15) is 62.7 Å². The van der Waals surface area contributed by atoms with E-state index in [9.17, 15) is 4.79 Å². The Hall–Kier alpha value is -1.31. The highest BCUT2D eigenvalue weighted by Crippen LogP contribution is 2.39. The topological polar surface area (TPSA) is 26.3 Å². The van der Waals surface area contributed by atoms with E-state index in [-0.39, 0.29) is 5.92 Å². The van der Waals surface area contributed by atoms with Crippen LogP contribution < -0.4 is 4.74 Å². The summed E-state index contributed by atoms with van der Waals surface area (Å²) in [7, 11) is 0. The second-order valence-corrected chi connectivity index (χ2v) is 7.15. The fourth-order valence-electron chi connectivity index (χ4n) is 3.00. The molecule has 108 valence electrons. The van der Waals surface area contributed by atoms with Crippen molar-refractivity contribution in [3.8, 4) is 5.75 Å². The van der Waals surface area contributed by atoms with Crippen LogP contribution in [0.15, 0.2) is 24.3 Å². The van der Waals surface area contributed by atoms with Crippen LogP contribution >= 0.6 is 0 Å². The molecule has 0 saturated heterocycles. The van der Waals surface area contributed by atoms with Crippen molar-refractivity contribution in [2.75, 3.05) is 0 Å². The first-order valence-electron chi connectivity index (χ1n) is 7.84. The van der Waals surface area contributed by atoms with E-state index in [1.807, 2.05) is 24.3 Å². The Balaban J connectivity index is 1.67. The molecule has 0 heterocycles. The van der Waals surface area contributed by atoms with Crippen molar-refractivity contribution in [3.05, 3.63) is 29.8 Å². The Kier molecular flexibility index (Phi) is 3.57. The van der Waals surface area contributed by atoms with Crippen molar-refractivity contribution in [2.45, 2.75) is 58.5 Å². The van der Waals surface area contributed by atoms with E-state index >= 15 is 0 Å². The average molecular weight is 272 g/mol. The van der Waals surface area contributed by atoms with E-state index in [0.717, 1.165) is 49.8 Å². The first-order chi connectivity index (χ1) is 9.53. The van der Waals surface area contributed by atoms with Gasteiger partial charge in [-0.25, -0.2) is 0 Å². The third-order valence-electron chi connectivity index (χ3n) is 4.66. The van der Waals surface area contributed by atoms with Crippen molar-refractivity contribution in [3.63, 3.8) is 0 Å². The van der Waals surface area contributed by atoms with Crippen LogP contribution in [0.25, 0.3) is 0 Å². The van der Waals surface area contributed by atoms with Crippen LogP contribution in [0.2, 0.25) is 0 Å². The van der Waals surface area contributed by atoms with E-state index in [2.05, 4.69) is 13.8 Å². The summed E-state index contributed by atoms with van der Waals surface area (Å²) in [6, 6.07) is 7.76. The van der Waals surface area contributed by atoms with Crippen molar-refractivity contribution in [1.29, 1.82) is 0 Å². The minimum absolute atomic E-state index is 0.208. The second-order valence-electron chi connectivity index (χ2n) is 7.15. The monoisotopic (exact) mass is 272 g/mol. The molecule has 0 aliphatic heterocycles. The molecule has 0 N–H and O–H groups in total. The zero-order valence-corrected chi connectivity index (χ0v) is 12.5. The normalized spacial score (nSPS) is 22.5. The van der Waals surface area contributed by atoms with E-state index < -0.39 is 0 Å². The molecular formula is C18H24O2. The van der Waals surface area contributed by atoms with Crippen LogP contribution in [0.4, 0.5) is 0 Å². The van der Waals surface area contributed by atoms with E-state index in [1.165, 1.54) is 0 Å². The van der Waals surface area contributed by atoms with Crippen molar-refractivity contribution >= 4 is 5.78 Å². The van der Waals surface area contributed by atoms with Gasteiger partial charge in [0.05, 0.1) is 6.10 Å². The minimum Gasteiger partial charge on any atom is -0.490 e. The molecule has 2 aliphatic carbocycles. The number of hydrogen-bond donors (Lipinski definition) is 0. The number of ketones is 1. The summed E-state index contributed by atoms with van der Waals surface area (Å²) in [5.41, 5.74) is 1.24. The van der Waals surface area contributed by atoms with Crippen molar-refractivity contribution in [2.24, 2.45) is 11.3 Å². The first-order valence-corrected chi connectivity index (χ1v) is 7.84. The van der Waals surface area contributed by atoms with Gasteiger partial charge < -0.3 is 4.74 Å². The summed E-state index contributed by atoms with van der Waals surface area (Å²) in [6.07, 6.45) is 7.05. The molecule has 0 bridgehead atoms. The minimum atomic E-state index is 0.208. The number of hydrogen-bond acceptors (Lipinski definition) is 2. The lowest BCUT2D eigenvalue weighted by atomic mass is 9.71. The zero-order valence-electron chi connectivity index (χ0n) is 12.5. The molecular weight excluding hydrogens is 248 g/mol. The lowest BCUT2D eigenvalue weighted by Gasteiger charge is -2.33. The number of carbonyl (C=O) groups is 1. The predicted molar refractivity (Wildman–Crippen MR) is 80.2 cm³/mol. The quantitative estimate of drug-likeness (QED) is 0.747. The summed E-state index contributed by atoms with van der Waals surface area (Å²) >= 11 is 0. The summed E-state index contributed by atoms with van der Waals surface area (Å²) in [5, 5.41) is 0. The number of carbonyl (C=O) groups excluding carboxylic acids is 1. The molecule has 1 aromatic rings. The van der Waals surface area contributed by atoms with Crippen LogP contribution in [-0.4, -0.2) is 11.9 Å². The molecule has 0 radical (unpaired) electrons. The maximum Gasteiger partial charge on any atom is 0.166 e. The molecule has 2 fully saturated rings. The number of Topliss-reactive ketones (excluding diaryl/α,β-unsaturated/α-hetero) is 1. The molecule has 0 aromatic heterocycles. The van der Waals surface area contributed by atoms with Crippen molar-refractivity contribution in [1.82, 2.24) is 0 Å². The summed E-state index contributed by atoms with van der Waals surface area (Å²) in [5.74, 6) is 1.37. The predicted octanol–water partition coefficient (Wildman–Crippen LogP) is 4.63. The molecule has 1 aromatic carbocycles. The Morgan fingerprint density at radius 1 is 1.15 bits per heavy atom. The standard InChI is InChI=1S/C18H24O2/c1-18(2)10-8-13(9-11-18)17(19)14-4-3-5-16(12-14)20-15-6-7-15/h3-5,12-13,15H,6-11H2,1-2H3. The maximum absolute atomic E-state index is 12.6. The molecule has 0 spiro atoms. The summed E-state index contributed by atoms with van der Waals surface area (Å²) in [6.45, 7) is 4.61. The SMILES string of the molecule is CC1(C)CCC(C(=O)c2cccc(OC3CC3)c2)CC1. The first kappa shape index (κ1) is 13.7. The molecule has 2 saturated carbocycles. The van der Waals surface area contributed by atoms with Crippen molar-refractivity contribution < 1.29 is 9.53 Å². The van der Waals surface area contributed by atoms with Crippen LogP contribution in [0, 0.1) is 11.3 Å². The Morgan fingerprint density at radius 2 is 1.85 bits per heavy atom. The number of rotatable bonds is 4. The van der Waals surface area contributed by atoms with Gasteiger partial charge in [-0.1, -0.05) is 26.0 Å². The second kappa shape index (κ2) is 5.23. The van der Waals surface area contributed by atoms with Crippen LogP contribution in [0.3, 0.4) is 0 Å². The smallest absolute Gasteiger partial charge is 0.166 e. The van der Waals surface area contributed by atoms with Gasteiger partial charge in [-0.05, 0) is 56.1 Å². The van der Waals surface area contributed by atoms with Gasteiger partial charge in [0.1, 0.15) is 5.75 Å². The highest BCUT2D eigenvalue weighted by molar-refractivity contribution is 5.98. The molecule has 2 heteroatoms. The lowest BCUT2D eigenvalue weighted by molar-refractivity contribution is 0.0837. The highest BCUT2D eigenvalue weighted by atomic mass is 16.5. The van der Waals surface area contributed by atoms with Crippen LogP contribution in [0.5, 0.6) is 5.75 Å². The molecule has 2 nitrogen and oxygen atoms in total. The summed E-state index contributed by atoms with van der Waals surface area (Å²) < 4.78 is 5.78. The van der Waals surface area contributed by atoms with Gasteiger partial charge in [-0.15, -0.1) is 0 Å². The number of ether oxygens (including phenoxy) is 1. The van der Waals surface area contributed by atoms with Gasteiger partial charge in [0.15, 0.2) is 5.78 Å². The van der Waals surface area contributed by atoms with Crippen LogP contribution in [-0.2, 0) is 0 Å². The third-order valence-corrected chi connectivity index (χ3v) is 4.66. The van der Waals surface area contributed by atoms with E-state index in [1.54, 1.807) is 0 Å². The van der Waals surface area contributed by atoms with E-state index in [4.69, 9.17) is 4.74 Å². The molecule has 0 amide bonds. The Bertz CT molecular complexity index is 490. The molecule has 0 unspecified atom stereocenters. The fraction of sp³-hybridized carbons (Fsp3) is 0.611. The molecule has 20 heavy (non-hydrogen) atoms. The third kappa shape index (κ3) is 3.23. The van der Waals surface area contributed by atoms with Gasteiger partial charge in [0.2, 0.25) is 0 Å². The largest absolute Gasteiger partial charge is 0.490 e. The molecule has 3 rings (SSSR count). The fourth-order valence-corrected chi connectivity index (χ4v) is 3.00.